The van der Waals surface area contributed by atoms with Gasteiger partial charge in [0.05, 0.1) is 17.8 Å². The van der Waals surface area contributed by atoms with Gasteiger partial charge in [0, 0.05) is 6.26 Å². The van der Waals surface area contributed by atoms with Crippen molar-refractivity contribution in [1.82, 2.24) is 10.6 Å². The van der Waals surface area contributed by atoms with Crippen LogP contribution in [0, 0.1) is 5.82 Å². The Bertz CT molecular complexity index is 904. The number of amides is 2. The quantitative estimate of drug-likeness (QED) is 0.324. The minimum atomic E-state index is -4.92. The van der Waals surface area contributed by atoms with E-state index < -0.39 is 75.3 Å². The van der Waals surface area contributed by atoms with Crippen molar-refractivity contribution < 1.29 is 40.4 Å². The molecule has 0 saturated heterocycles. The van der Waals surface area contributed by atoms with Gasteiger partial charge in [-0.1, -0.05) is 19.1 Å². The number of Topliss-reactive ketones (excluding diaryl/α,β-unsaturated/α-hetero) is 1. The maximum Gasteiger partial charge on any atom is 0.407 e. The van der Waals surface area contributed by atoms with Crippen LogP contribution in [0.2, 0.25) is 0 Å². The first-order valence-electron chi connectivity index (χ1n) is 9.05. The lowest BCUT2D eigenvalue weighted by atomic mass is 10.0. The predicted octanol–water partition coefficient (Wildman–Crippen LogP) is 0.771. The first kappa shape index (κ1) is 26.5. The van der Waals surface area contributed by atoms with Crippen LogP contribution in [-0.4, -0.2) is 56.3 Å². The Labute approximate surface area is 176 Å². The topological polar surface area (TPSA) is 135 Å². The lowest BCUT2D eigenvalue weighted by Crippen LogP contribution is -2.54. The van der Waals surface area contributed by atoms with Crippen LogP contribution in [0.4, 0.5) is 17.6 Å². The highest BCUT2D eigenvalue weighted by Crippen LogP contribution is 2.33. The molecule has 0 fully saturated rings. The molecule has 3 atom stereocenters. The van der Waals surface area contributed by atoms with Gasteiger partial charge in [-0.2, -0.15) is 13.2 Å². The maximum atomic E-state index is 13.6. The summed E-state index contributed by atoms with van der Waals surface area (Å²) in [7, 11) is -3.65. The molecule has 0 aliphatic heterocycles. The molecule has 13 heteroatoms. The van der Waals surface area contributed by atoms with Crippen LogP contribution in [0.15, 0.2) is 24.3 Å². The van der Waals surface area contributed by atoms with E-state index in [0.29, 0.717) is 0 Å². The lowest BCUT2D eigenvalue weighted by Gasteiger charge is -2.28. The first-order chi connectivity index (χ1) is 14.2. The van der Waals surface area contributed by atoms with Gasteiger partial charge < -0.3 is 11.1 Å². The van der Waals surface area contributed by atoms with Gasteiger partial charge in [-0.25, -0.2) is 12.8 Å². The number of ketones is 1. The van der Waals surface area contributed by atoms with Gasteiger partial charge in [0.15, 0.2) is 0 Å². The molecule has 1 aromatic rings. The molecule has 0 aromatic heterocycles. The number of carbonyl (C=O) groups is 3. The Morgan fingerprint density at radius 1 is 1.10 bits per heavy atom. The molecule has 0 bridgehead atoms. The van der Waals surface area contributed by atoms with Crippen molar-refractivity contribution >= 4 is 27.4 Å². The second-order valence-electron chi connectivity index (χ2n) is 6.86. The highest BCUT2D eigenvalue weighted by molar-refractivity contribution is 7.90. The molecule has 2 amide bonds. The zero-order valence-corrected chi connectivity index (χ0v) is 17.5. The molecule has 4 N–H and O–H groups in total. The number of rotatable bonds is 11. The highest BCUT2D eigenvalue weighted by atomic mass is 32.2. The maximum absolute atomic E-state index is 13.6. The summed E-state index contributed by atoms with van der Waals surface area (Å²) in [6.45, 7) is 1.43. The van der Waals surface area contributed by atoms with Gasteiger partial charge in [-0.15, -0.1) is 0 Å². The summed E-state index contributed by atoms with van der Waals surface area (Å²) in [5.41, 5.74) is 4.48. The molecule has 0 saturated carbocycles. The third kappa shape index (κ3) is 8.61. The molecule has 31 heavy (non-hydrogen) atoms. The number of carbonyl (C=O) groups excluding carboxylic acids is 3. The molecule has 8 nitrogen and oxygen atoms in total. The van der Waals surface area contributed by atoms with Crippen molar-refractivity contribution in [2.24, 2.45) is 5.73 Å². The van der Waals surface area contributed by atoms with Gasteiger partial charge >= 0.3 is 6.18 Å². The van der Waals surface area contributed by atoms with Crippen LogP contribution in [0.1, 0.15) is 31.4 Å². The summed E-state index contributed by atoms with van der Waals surface area (Å²) in [5.74, 6) is -5.02. The fourth-order valence-corrected chi connectivity index (χ4v) is 3.32. The van der Waals surface area contributed by atoms with Gasteiger partial charge in [0.1, 0.15) is 21.7 Å². The molecule has 0 aliphatic rings. The molecule has 0 spiro atoms. The minimum Gasteiger partial charge on any atom is -0.363 e. The van der Waals surface area contributed by atoms with E-state index in [2.05, 4.69) is 5.32 Å². The minimum absolute atomic E-state index is 0.0764. The van der Waals surface area contributed by atoms with E-state index in [1.165, 1.54) is 6.92 Å². The number of alkyl halides is 3. The smallest absolute Gasteiger partial charge is 0.363 e. The van der Waals surface area contributed by atoms with Crippen LogP contribution in [0.5, 0.6) is 0 Å². The van der Waals surface area contributed by atoms with E-state index in [4.69, 9.17) is 5.73 Å². The highest BCUT2D eigenvalue weighted by Gasteiger charge is 2.43. The Balaban J connectivity index is 3.22. The standard InChI is InChI=1S/C18H23F4N3O5S/c1-3-12(14(26)16(23)27)25-17(28)13(8-9-31(2,29)30)24-15(18(20,21)22)10-4-6-11(19)7-5-10/h4-7,12-13,15,24H,3,8-9H2,1-2H3,(H2,23,27)(H,25,28). The molecule has 3 unspecified atom stereocenters. The van der Waals surface area contributed by atoms with E-state index in [1.54, 1.807) is 0 Å². The van der Waals surface area contributed by atoms with E-state index in [0.717, 1.165) is 30.5 Å². The molecule has 174 valence electrons. The van der Waals surface area contributed by atoms with Crippen LogP contribution >= 0.6 is 0 Å². The average Bonchev–Trinajstić information content (AvgIpc) is 2.64. The number of benzene rings is 1. The summed E-state index contributed by atoms with van der Waals surface area (Å²) >= 11 is 0. The number of hydrogen-bond donors (Lipinski definition) is 3. The molecule has 0 aliphatic carbocycles. The first-order valence-corrected chi connectivity index (χ1v) is 11.1. The van der Waals surface area contributed by atoms with E-state index in [9.17, 15) is 40.4 Å². The Morgan fingerprint density at radius 3 is 2.06 bits per heavy atom. The van der Waals surface area contributed by atoms with Gasteiger partial charge in [-0.3, -0.25) is 19.7 Å². The Kier molecular flexibility index (Phi) is 9.11. The van der Waals surface area contributed by atoms with E-state index >= 15 is 0 Å². The number of nitrogens with one attached hydrogen (secondary N) is 2. The lowest BCUT2D eigenvalue weighted by molar-refractivity contribution is -0.161. The normalized spacial score (nSPS) is 15.0. The van der Waals surface area contributed by atoms with Crippen LogP contribution in [0.3, 0.4) is 0 Å². The van der Waals surface area contributed by atoms with Crippen LogP contribution in [-0.2, 0) is 24.2 Å². The molecule has 0 heterocycles. The monoisotopic (exact) mass is 469 g/mol. The Morgan fingerprint density at radius 2 is 1.65 bits per heavy atom. The third-order valence-corrected chi connectivity index (χ3v) is 5.25. The number of hydrogen-bond acceptors (Lipinski definition) is 6. The zero-order chi connectivity index (χ0) is 24.0. The summed E-state index contributed by atoms with van der Waals surface area (Å²) in [6.07, 6.45) is -4.71. The summed E-state index contributed by atoms with van der Waals surface area (Å²) in [5, 5.41) is 4.18. The summed E-state index contributed by atoms with van der Waals surface area (Å²) in [4.78, 5) is 35.4. The fourth-order valence-electron chi connectivity index (χ4n) is 2.66. The molecule has 1 aromatic carbocycles. The summed E-state index contributed by atoms with van der Waals surface area (Å²) in [6, 6.07) is -2.17. The number of halogens is 4. The van der Waals surface area contributed by atoms with Crippen molar-refractivity contribution in [2.75, 3.05) is 12.0 Å². The second-order valence-corrected chi connectivity index (χ2v) is 9.12. The fraction of sp³-hybridized carbons (Fsp3) is 0.500. The van der Waals surface area contributed by atoms with Crippen LogP contribution in [0.25, 0.3) is 0 Å². The molecular formula is C18H23F4N3O5S. The molecule has 0 radical (unpaired) electrons. The number of primary amides is 1. The third-order valence-electron chi connectivity index (χ3n) is 4.28. The van der Waals surface area contributed by atoms with E-state index in [1.807, 2.05) is 5.32 Å². The average molecular weight is 469 g/mol. The van der Waals surface area contributed by atoms with Crippen molar-refractivity contribution in [3.05, 3.63) is 35.6 Å². The van der Waals surface area contributed by atoms with Crippen LogP contribution < -0.4 is 16.4 Å². The molecule has 1 rings (SSSR count). The van der Waals surface area contributed by atoms with E-state index in [-0.39, 0.29) is 6.42 Å². The van der Waals surface area contributed by atoms with Crippen molar-refractivity contribution in [3.63, 3.8) is 0 Å². The van der Waals surface area contributed by atoms with Gasteiger partial charge in [-0.05, 0) is 30.5 Å². The van der Waals surface area contributed by atoms with Gasteiger partial charge in [0.2, 0.25) is 11.7 Å². The largest absolute Gasteiger partial charge is 0.407 e. The number of sulfone groups is 1. The Hall–Kier alpha value is -2.54. The second kappa shape index (κ2) is 10.7. The van der Waals surface area contributed by atoms with Gasteiger partial charge in [0.25, 0.3) is 5.91 Å². The van der Waals surface area contributed by atoms with Crippen molar-refractivity contribution in [3.8, 4) is 0 Å². The summed E-state index contributed by atoms with van der Waals surface area (Å²) < 4.78 is 77.0. The predicted molar refractivity (Wildman–Crippen MR) is 103 cm³/mol. The van der Waals surface area contributed by atoms with Crippen molar-refractivity contribution in [1.29, 1.82) is 0 Å². The zero-order valence-electron chi connectivity index (χ0n) is 16.7. The SMILES string of the molecule is CCC(NC(=O)C(CCS(C)(=O)=O)NC(c1ccc(F)cc1)C(F)(F)F)C(=O)C(N)=O. The molecular weight excluding hydrogens is 446 g/mol. The number of nitrogens with two attached hydrogens (primary N) is 1. The van der Waals surface area contributed by atoms with Crippen molar-refractivity contribution in [2.45, 2.75) is 44.1 Å².